The van der Waals surface area contributed by atoms with Crippen molar-refractivity contribution in [1.82, 2.24) is 0 Å². The molecule has 0 aromatic heterocycles. The largest absolute Gasteiger partial charge is 0.423 e. The lowest BCUT2D eigenvalue weighted by atomic mass is 9.98. The molecular formula is C13H15F3N2O3Si. The molecule has 2 aliphatic rings. The summed E-state index contributed by atoms with van der Waals surface area (Å²) in [5, 5.41) is 10.8. The molecule has 0 N–H and O–H groups in total. The molecular weight excluding hydrogens is 317 g/mol. The van der Waals surface area contributed by atoms with Crippen LogP contribution in [0.4, 0.5) is 24.5 Å². The van der Waals surface area contributed by atoms with Crippen LogP contribution < -0.4 is 4.90 Å². The van der Waals surface area contributed by atoms with Gasteiger partial charge in [0.15, 0.2) is 0 Å². The van der Waals surface area contributed by atoms with E-state index in [1.54, 1.807) is 0 Å². The van der Waals surface area contributed by atoms with E-state index in [1.807, 2.05) is 4.90 Å². The molecule has 0 saturated carbocycles. The summed E-state index contributed by atoms with van der Waals surface area (Å²) in [6, 6.07) is 3.50. The normalized spacial score (nSPS) is 27.6. The molecule has 9 heteroatoms. The van der Waals surface area contributed by atoms with E-state index in [9.17, 15) is 23.3 Å². The number of anilines is 1. The number of nitrogens with zero attached hydrogens (tertiary/aromatic N) is 2. The van der Waals surface area contributed by atoms with Crippen LogP contribution in [0.5, 0.6) is 0 Å². The molecule has 0 amide bonds. The van der Waals surface area contributed by atoms with Crippen LogP contribution in [0.15, 0.2) is 18.2 Å². The van der Waals surface area contributed by atoms with E-state index in [0.29, 0.717) is 16.2 Å². The quantitative estimate of drug-likeness (QED) is 0.483. The molecule has 2 aliphatic heterocycles. The highest BCUT2D eigenvalue weighted by atomic mass is 28.2. The number of hydrogen-bond donors (Lipinski definition) is 0. The molecule has 2 saturated heterocycles. The fourth-order valence-corrected chi connectivity index (χ4v) is 4.17. The van der Waals surface area contributed by atoms with Crippen LogP contribution in [0, 0.1) is 10.1 Å². The molecule has 0 radical (unpaired) electrons. The van der Waals surface area contributed by atoms with Gasteiger partial charge in [-0.15, -0.1) is 0 Å². The Hall–Kier alpha value is -1.61. The van der Waals surface area contributed by atoms with Gasteiger partial charge in [0, 0.05) is 17.8 Å². The van der Waals surface area contributed by atoms with E-state index >= 15 is 0 Å². The Morgan fingerprint density at radius 2 is 2.09 bits per heavy atom. The summed E-state index contributed by atoms with van der Waals surface area (Å²) >= 11 is 0. The van der Waals surface area contributed by atoms with Crippen molar-refractivity contribution >= 4 is 21.9 Å². The Morgan fingerprint density at radius 3 is 2.64 bits per heavy atom. The number of nitro benzene ring substituents is 1. The standard InChI is InChI=1S/C13H15F3N2O3Si/c14-13(15,16)9-5-7(1-3-10(9)18(19)20)17-8-2-4-11(17)12(6-8)21-22/h1,3,5,8,11-12H,2,4,6H2,22H3. The van der Waals surface area contributed by atoms with Crippen molar-refractivity contribution in [3.63, 3.8) is 0 Å². The molecule has 3 rings (SSSR count). The highest BCUT2D eigenvalue weighted by Crippen LogP contribution is 2.45. The fourth-order valence-electron chi connectivity index (χ4n) is 3.66. The minimum Gasteiger partial charge on any atom is -0.423 e. The van der Waals surface area contributed by atoms with E-state index in [-0.39, 0.29) is 18.2 Å². The number of nitro groups is 1. The van der Waals surface area contributed by atoms with E-state index in [1.165, 1.54) is 6.07 Å². The maximum absolute atomic E-state index is 13.1. The second-order valence-electron chi connectivity index (χ2n) is 5.67. The van der Waals surface area contributed by atoms with Crippen LogP contribution in [0.25, 0.3) is 0 Å². The third-order valence-corrected chi connectivity index (χ3v) is 5.17. The third kappa shape index (κ3) is 2.37. The van der Waals surface area contributed by atoms with Crippen molar-refractivity contribution in [2.45, 2.75) is 43.6 Å². The van der Waals surface area contributed by atoms with Gasteiger partial charge in [-0.1, -0.05) is 0 Å². The minimum absolute atomic E-state index is 0.0648. The minimum atomic E-state index is -4.75. The van der Waals surface area contributed by atoms with Crippen molar-refractivity contribution in [2.75, 3.05) is 4.90 Å². The van der Waals surface area contributed by atoms with Gasteiger partial charge in [0.25, 0.3) is 5.69 Å². The highest BCUT2D eigenvalue weighted by Gasteiger charge is 2.47. The maximum atomic E-state index is 13.1. The summed E-state index contributed by atoms with van der Waals surface area (Å²) in [5.74, 6) is 0. The summed E-state index contributed by atoms with van der Waals surface area (Å²) in [7, 11) is 0.589. The van der Waals surface area contributed by atoms with Crippen molar-refractivity contribution in [3.05, 3.63) is 33.9 Å². The first-order valence-electron chi connectivity index (χ1n) is 6.99. The maximum Gasteiger partial charge on any atom is 0.423 e. The molecule has 3 atom stereocenters. The second kappa shape index (κ2) is 5.23. The molecule has 1 aromatic rings. The topological polar surface area (TPSA) is 55.6 Å². The van der Waals surface area contributed by atoms with Gasteiger partial charge in [-0.3, -0.25) is 10.1 Å². The fraction of sp³-hybridized carbons (Fsp3) is 0.538. The number of benzene rings is 1. The molecule has 0 aliphatic carbocycles. The summed E-state index contributed by atoms with van der Waals surface area (Å²) in [5.41, 5.74) is -1.70. The Bertz CT molecular complexity index is 611. The average Bonchev–Trinajstić information content (AvgIpc) is 3.02. The summed E-state index contributed by atoms with van der Waals surface area (Å²) in [6.45, 7) is 0. The van der Waals surface area contributed by atoms with Crippen molar-refractivity contribution in [1.29, 1.82) is 0 Å². The molecule has 22 heavy (non-hydrogen) atoms. The van der Waals surface area contributed by atoms with Gasteiger partial charge >= 0.3 is 6.18 Å². The van der Waals surface area contributed by atoms with Gasteiger partial charge in [0.1, 0.15) is 16.0 Å². The summed E-state index contributed by atoms with van der Waals surface area (Å²) < 4.78 is 44.8. The first kappa shape index (κ1) is 15.3. The predicted molar refractivity (Wildman–Crippen MR) is 76.8 cm³/mol. The molecule has 5 nitrogen and oxygen atoms in total. The van der Waals surface area contributed by atoms with Gasteiger partial charge in [-0.05, 0) is 31.4 Å². The van der Waals surface area contributed by atoms with Crippen LogP contribution in [-0.4, -0.2) is 33.6 Å². The third-order valence-electron chi connectivity index (χ3n) is 4.56. The smallest absolute Gasteiger partial charge is 0.423 e. The van der Waals surface area contributed by atoms with E-state index in [4.69, 9.17) is 4.43 Å². The van der Waals surface area contributed by atoms with Gasteiger partial charge in [0.2, 0.25) is 0 Å². The summed E-state index contributed by atoms with van der Waals surface area (Å²) in [6.07, 6.45) is -2.06. The second-order valence-corrected chi connectivity index (χ2v) is 6.14. The van der Waals surface area contributed by atoms with Crippen LogP contribution in [-0.2, 0) is 10.6 Å². The van der Waals surface area contributed by atoms with Gasteiger partial charge < -0.3 is 9.33 Å². The van der Waals surface area contributed by atoms with Crippen molar-refractivity contribution in [3.8, 4) is 0 Å². The average molecular weight is 332 g/mol. The SMILES string of the molecule is O=[N+]([O-])c1ccc(N2C3CCC2C(O[SiH3])C3)cc1C(F)(F)F. The first-order valence-corrected chi connectivity index (χ1v) is 7.81. The van der Waals surface area contributed by atoms with Crippen molar-refractivity contribution < 1.29 is 22.5 Å². The van der Waals surface area contributed by atoms with Gasteiger partial charge in [-0.25, -0.2) is 0 Å². The number of hydrogen-bond acceptors (Lipinski definition) is 4. The number of fused-ring (bicyclic) bond motifs is 2. The van der Waals surface area contributed by atoms with Crippen LogP contribution in [0.1, 0.15) is 24.8 Å². The zero-order valence-corrected chi connectivity index (χ0v) is 13.8. The monoisotopic (exact) mass is 332 g/mol. The lowest BCUT2D eigenvalue weighted by Gasteiger charge is -2.26. The predicted octanol–water partition coefficient (Wildman–Crippen LogP) is 2.02. The van der Waals surface area contributed by atoms with E-state index in [2.05, 4.69) is 0 Å². The molecule has 0 spiro atoms. The Morgan fingerprint density at radius 1 is 1.36 bits per heavy atom. The summed E-state index contributed by atoms with van der Waals surface area (Å²) in [4.78, 5) is 11.8. The lowest BCUT2D eigenvalue weighted by Crippen LogP contribution is -2.33. The van der Waals surface area contributed by atoms with E-state index < -0.39 is 22.4 Å². The highest BCUT2D eigenvalue weighted by molar-refractivity contribution is 5.98. The van der Waals surface area contributed by atoms with E-state index in [0.717, 1.165) is 31.4 Å². The van der Waals surface area contributed by atoms with Crippen molar-refractivity contribution in [2.24, 2.45) is 0 Å². The number of alkyl halides is 3. The van der Waals surface area contributed by atoms with Crippen LogP contribution in [0.2, 0.25) is 0 Å². The van der Waals surface area contributed by atoms with Crippen LogP contribution >= 0.6 is 0 Å². The van der Waals surface area contributed by atoms with Gasteiger partial charge in [0.05, 0.1) is 17.1 Å². The molecule has 2 fully saturated rings. The Kier molecular flexibility index (Phi) is 3.64. The molecule has 120 valence electrons. The molecule has 2 heterocycles. The number of rotatable bonds is 3. The number of halogens is 3. The molecule has 1 aromatic carbocycles. The van der Waals surface area contributed by atoms with Crippen LogP contribution in [0.3, 0.4) is 0 Å². The zero-order chi connectivity index (χ0) is 16.1. The zero-order valence-electron chi connectivity index (χ0n) is 11.8. The van der Waals surface area contributed by atoms with Gasteiger partial charge in [-0.2, -0.15) is 13.2 Å². The molecule has 3 unspecified atom stereocenters. The Labute approximate surface area is 127 Å². The first-order chi connectivity index (χ1) is 10.3. The Balaban J connectivity index is 2.01. The lowest BCUT2D eigenvalue weighted by molar-refractivity contribution is -0.388. The molecule has 2 bridgehead atoms.